The third-order valence-electron chi connectivity index (χ3n) is 3.73. The number of halogens is 1. The van der Waals surface area contributed by atoms with Gasteiger partial charge in [-0.05, 0) is 29.5 Å². The van der Waals surface area contributed by atoms with Gasteiger partial charge in [0.05, 0.1) is 12.9 Å². The third-order valence-corrected chi connectivity index (χ3v) is 4.67. The third kappa shape index (κ3) is 10.5. The Balaban J connectivity index is 0.00000576. The monoisotopic (exact) mass is 483 g/mol. The van der Waals surface area contributed by atoms with Crippen LogP contribution in [-0.2, 0) is 16.4 Å². The fourth-order valence-electron chi connectivity index (χ4n) is 2.02. The van der Waals surface area contributed by atoms with Gasteiger partial charge in [-0.2, -0.15) is 0 Å². The molecule has 1 aromatic rings. The van der Waals surface area contributed by atoms with E-state index in [1.807, 2.05) is 38.1 Å². The zero-order chi connectivity index (χ0) is 18.2. The molecule has 0 aromatic heterocycles. The smallest absolute Gasteiger partial charge is 0.191 e. The second-order valence-corrected chi connectivity index (χ2v) is 8.93. The number of aliphatic imine (C=N–C) groups is 1. The average molecular weight is 483 g/mol. The first kappa shape index (κ1) is 24.0. The van der Waals surface area contributed by atoms with Crippen LogP contribution in [-0.4, -0.2) is 47.1 Å². The molecule has 0 radical (unpaired) electrons. The second-order valence-electron chi connectivity index (χ2n) is 6.67. The summed E-state index contributed by atoms with van der Waals surface area (Å²) < 4.78 is 27.8. The molecule has 0 amide bonds. The Kier molecular flexibility index (Phi) is 10.4. The minimum atomic E-state index is -2.94. The van der Waals surface area contributed by atoms with E-state index in [4.69, 9.17) is 4.74 Å². The quantitative estimate of drug-likeness (QED) is 0.338. The summed E-state index contributed by atoms with van der Waals surface area (Å²) in [6, 6.07) is 7.83. The number of nitrogens with one attached hydrogen (secondary N) is 2. The number of ether oxygens (including phenoxy) is 1. The van der Waals surface area contributed by atoms with Gasteiger partial charge in [0, 0.05) is 26.4 Å². The van der Waals surface area contributed by atoms with Gasteiger partial charge in [-0.1, -0.05) is 26.0 Å². The SMILES string of the molecule is CN=C(NCc1ccc(OC)cc1)NCC(C)(C)CCS(C)(=O)=O.I. The molecule has 144 valence electrons. The summed E-state index contributed by atoms with van der Waals surface area (Å²) >= 11 is 0. The van der Waals surface area contributed by atoms with Gasteiger partial charge in [-0.15, -0.1) is 24.0 Å². The molecule has 1 aromatic carbocycles. The molecular formula is C17H30IN3O3S. The number of hydrogen-bond donors (Lipinski definition) is 2. The molecule has 25 heavy (non-hydrogen) atoms. The predicted octanol–water partition coefficient (Wildman–Crippen LogP) is 2.44. The topological polar surface area (TPSA) is 79.8 Å². The Labute approximate surface area is 168 Å². The molecular weight excluding hydrogens is 453 g/mol. The number of benzene rings is 1. The Morgan fingerprint density at radius 2 is 1.80 bits per heavy atom. The van der Waals surface area contributed by atoms with Crippen LogP contribution in [0.3, 0.4) is 0 Å². The normalized spacial score (nSPS) is 12.3. The lowest BCUT2D eigenvalue weighted by molar-refractivity contribution is 0.348. The predicted molar refractivity (Wildman–Crippen MR) is 115 cm³/mol. The van der Waals surface area contributed by atoms with E-state index in [9.17, 15) is 8.42 Å². The molecule has 6 nitrogen and oxygen atoms in total. The van der Waals surface area contributed by atoms with Crippen molar-refractivity contribution in [1.29, 1.82) is 0 Å². The Morgan fingerprint density at radius 1 is 1.20 bits per heavy atom. The van der Waals surface area contributed by atoms with Crippen LogP contribution in [0.4, 0.5) is 0 Å². The summed E-state index contributed by atoms with van der Waals surface area (Å²) in [5, 5.41) is 6.51. The molecule has 0 aliphatic rings. The Morgan fingerprint density at radius 3 is 2.28 bits per heavy atom. The van der Waals surface area contributed by atoms with Gasteiger partial charge in [0.1, 0.15) is 15.6 Å². The van der Waals surface area contributed by atoms with E-state index in [2.05, 4.69) is 15.6 Å². The van der Waals surface area contributed by atoms with Crippen molar-refractivity contribution in [3.8, 4) is 5.75 Å². The van der Waals surface area contributed by atoms with Crippen molar-refractivity contribution in [1.82, 2.24) is 10.6 Å². The maximum absolute atomic E-state index is 11.3. The fourth-order valence-corrected chi connectivity index (χ4v) is 2.95. The molecule has 0 spiro atoms. The van der Waals surface area contributed by atoms with Gasteiger partial charge >= 0.3 is 0 Å². The highest BCUT2D eigenvalue weighted by atomic mass is 127. The van der Waals surface area contributed by atoms with Gasteiger partial charge in [-0.3, -0.25) is 4.99 Å². The molecule has 0 saturated heterocycles. The van der Waals surface area contributed by atoms with Gasteiger partial charge in [0.15, 0.2) is 5.96 Å². The number of methoxy groups -OCH3 is 1. The summed E-state index contributed by atoms with van der Waals surface area (Å²) in [6.45, 7) is 5.38. The molecule has 0 aliphatic carbocycles. The van der Waals surface area contributed by atoms with E-state index < -0.39 is 9.84 Å². The first-order valence-electron chi connectivity index (χ1n) is 7.90. The Bertz CT molecular complexity index is 644. The van der Waals surface area contributed by atoms with Crippen molar-refractivity contribution in [2.45, 2.75) is 26.8 Å². The van der Waals surface area contributed by atoms with Crippen molar-refractivity contribution < 1.29 is 13.2 Å². The fraction of sp³-hybridized carbons (Fsp3) is 0.588. The van der Waals surface area contributed by atoms with Crippen LogP contribution >= 0.6 is 24.0 Å². The lowest BCUT2D eigenvalue weighted by Gasteiger charge is -2.25. The summed E-state index contributed by atoms with van der Waals surface area (Å²) in [4.78, 5) is 4.20. The van der Waals surface area contributed by atoms with Crippen LogP contribution in [0.2, 0.25) is 0 Å². The number of nitrogens with zero attached hydrogens (tertiary/aromatic N) is 1. The van der Waals surface area contributed by atoms with Gasteiger partial charge in [-0.25, -0.2) is 8.42 Å². The van der Waals surface area contributed by atoms with Crippen molar-refractivity contribution >= 4 is 39.8 Å². The van der Waals surface area contributed by atoms with Gasteiger partial charge in [0.25, 0.3) is 0 Å². The molecule has 8 heteroatoms. The number of hydrogen-bond acceptors (Lipinski definition) is 4. The maximum atomic E-state index is 11.3. The van der Waals surface area contributed by atoms with Crippen LogP contribution in [0, 0.1) is 5.41 Å². The molecule has 0 saturated carbocycles. The standard InChI is InChI=1S/C17H29N3O3S.HI/c1-17(2,10-11-24(5,21)22)13-20-16(18-3)19-12-14-6-8-15(23-4)9-7-14;/h6-9H,10-13H2,1-5H3,(H2,18,19,20);1H. The molecule has 0 bridgehead atoms. The Hall–Kier alpha value is -1.03. The molecule has 0 heterocycles. The highest BCUT2D eigenvalue weighted by Crippen LogP contribution is 2.19. The second kappa shape index (κ2) is 10.8. The zero-order valence-electron chi connectivity index (χ0n) is 15.6. The van der Waals surface area contributed by atoms with Crippen LogP contribution in [0.1, 0.15) is 25.8 Å². The van der Waals surface area contributed by atoms with Crippen molar-refractivity contribution in [2.24, 2.45) is 10.4 Å². The van der Waals surface area contributed by atoms with Gasteiger partial charge in [0.2, 0.25) is 0 Å². The van der Waals surface area contributed by atoms with Crippen molar-refractivity contribution in [3.63, 3.8) is 0 Å². The molecule has 0 fully saturated rings. The highest BCUT2D eigenvalue weighted by molar-refractivity contribution is 14.0. The number of guanidine groups is 1. The lowest BCUT2D eigenvalue weighted by atomic mass is 9.90. The minimum Gasteiger partial charge on any atom is -0.497 e. The molecule has 1 rings (SSSR count). The number of sulfone groups is 1. The first-order chi connectivity index (χ1) is 11.1. The zero-order valence-corrected chi connectivity index (χ0v) is 18.8. The maximum Gasteiger partial charge on any atom is 0.191 e. The summed E-state index contributed by atoms with van der Waals surface area (Å²) in [5.41, 5.74) is 0.982. The molecule has 2 N–H and O–H groups in total. The van der Waals surface area contributed by atoms with E-state index >= 15 is 0 Å². The van der Waals surface area contributed by atoms with Crippen LogP contribution in [0.15, 0.2) is 29.3 Å². The van der Waals surface area contributed by atoms with E-state index in [0.29, 0.717) is 25.5 Å². The average Bonchev–Trinajstić information content (AvgIpc) is 2.53. The van der Waals surface area contributed by atoms with Crippen molar-refractivity contribution in [3.05, 3.63) is 29.8 Å². The van der Waals surface area contributed by atoms with E-state index in [1.54, 1.807) is 14.2 Å². The molecule has 0 unspecified atom stereocenters. The van der Waals surface area contributed by atoms with E-state index in [0.717, 1.165) is 11.3 Å². The van der Waals surface area contributed by atoms with Gasteiger partial charge < -0.3 is 15.4 Å². The lowest BCUT2D eigenvalue weighted by Crippen LogP contribution is -2.42. The summed E-state index contributed by atoms with van der Waals surface area (Å²) in [5.74, 6) is 1.71. The van der Waals surface area contributed by atoms with E-state index in [-0.39, 0.29) is 35.1 Å². The minimum absolute atomic E-state index is 0. The molecule has 0 atom stereocenters. The largest absolute Gasteiger partial charge is 0.497 e. The summed E-state index contributed by atoms with van der Waals surface area (Å²) in [7, 11) is 0.421. The van der Waals surface area contributed by atoms with Crippen LogP contribution in [0.5, 0.6) is 5.75 Å². The van der Waals surface area contributed by atoms with Crippen LogP contribution in [0.25, 0.3) is 0 Å². The molecule has 0 aliphatic heterocycles. The van der Waals surface area contributed by atoms with E-state index in [1.165, 1.54) is 6.26 Å². The highest BCUT2D eigenvalue weighted by Gasteiger charge is 2.20. The number of rotatable bonds is 8. The first-order valence-corrected chi connectivity index (χ1v) is 9.96. The summed E-state index contributed by atoms with van der Waals surface area (Å²) in [6.07, 6.45) is 1.88. The van der Waals surface area contributed by atoms with Crippen molar-refractivity contribution in [2.75, 3.05) is 32.7 Å². The van der Waals surface area contributed by atoms with Crippen LogP contribution < -0.4 is 15.4 Å².